The Bertz CT molecular complexity index is 454. The van der Waals surface area contributed by atoms with Crippen molar-refractivity contribution in [2.75, 3.05) is 0 Å². The second-order valence-corrected chi connectivity index (χ2v) is 4.27. The van der Waals surface area contributed by atoms with Crippen LogP contribution in [0.3, 0.4) is 0 Å². The lowest BCUT2D eigenvalue weighted by atomic mass is 9.96. The molecule has 1 amide bonds. The van der Waals surface area contributed by atoms with Crippen LogP contribution in [-0.4, -0.2) is 28.6 Å². The summed E-state index contributed by atoms with van der Waals surface area (Å²) in [6.07, 6.45) is 3.68. The van der Waals surface area contributed by atoms with E-state index in [1.165, 1.54) is 0 Å². The van der Waals surface area contributed by atoms with Crippen molar-refractivity contribution in [3.05, 3.63) is 30.6 Å². The van der Waals surface area contributed by atoms with Crippen molar-refractivity contribution >= 4 is 11.9 Å². The second-order valence-electron chi connectivity index (χ2n) is 4.27. The van der Waals surface area contributed by atoms with E-state index in [1.807, 2.05) is 18.2 Å². The molecule has 0 spiro atoms. The van der Waals surface area contributed by atoms with Gasteiger partial charge in [-0.1, -0.05) is 6.07 Å². The molecule has 0 bridgehead atoms. The smallest absolute Gasteiger partial charge is 0.326 e. The maximum Gasteiger partial charge on any atom is 0.326 e. The van der Waals surface area contributed by atoms with Crippen LogP contribution in [-0.2, 0) is 16.1 Å². The zero-order chi connectivity index (χ0) is 12.5. The molecule has 2 rings (SSSR count). The zero-order valence-corrected chi connectivity index (χ0v) is 10.3. The van der Waals surface area contributed by atoms with E-state index in [-0.39, 0.29) is 25.4 Å². The van der Waals surface area contributed by atoms with Gasteiger partial charge in [0, 0.05) is 18.6 Å². The van der Waals surface area contributed by atoms with Crippen molar-refractivity contribution < 1.29 is 31.7 Å². The zero-order valence-electron chi connectivity index (χ0n) is 9.54. The fourth-order valence-corrected chi connectivity index (χ4v) is 1.96. The summed E-state index contributed by atoms with van der Waals surface area (Å²) in [4.78, 5) is 22.5. The molecule has 98 valence electrons. The van der Waals surface area contributed by atoms with Crippen LogP contribution < -0.4 is 28.0 Å². The number of nitrogens with two attached hydrogens (primary N) is 1. The number of hydrogen-bond donors (Lipinski definition) is 3. The Balaban J connectivity index is 0.00000162. The van der Waals surface area contributed by atoms with Crippen LogP contribution in [0.1, 0.15) is 6.42 Å². The van der Waals surface area contributed by atoms with Crippen molar-refractivity contribution in [1.29, 1.82) is 0 Å². The maximum absolute atomic E-state index is 11.7. The van der Waals surface area contributed by atoms with Gasteiger partial charge in [0.1, 0.15) is 6.04 Å². The van der Waals surface area contributed by atoms with E-state index in [0.717, 1.165) is 0 Å². The van der Waals surface area contributed by atoms with E-state index < -0.39 is 23.5 Å². The van der Waals surface area contributed by atoms with E-state index in [9.17, 15) is 9.59 Å². The molecule has 2 heterocycles. The summed E-state index contributed by atoms with van der Waals surface area (Å²) < 4.78 is 1.77. The summed E-state index contributed by atoms with van der Waals surface area (Å²) >= 11 is 0. The minimum atomic E-state index is -1.16. The Morgan fingerprint density at radius 3 is 2.61 bits per heavy atom. The molecular formula is C11H14ClN3O3. The summed E-state index contributed by atoms with van der Waals surface area (Å²) in [7, 11) is 0. The number of carboxylic acids is 1. The minimum absolute atomic E-state index is 0. The summed E-state index contributed by atoms with van der Waals surface area (Å²) in [5.41, 5.74) is 4.81. The van der Waals surface area contributed by atoms with Gasteiger partial charge < -0.3 is 28.6 Å². The van der Waals surface area contributed by atoms with Gasteiger partial charge in [-0.3, -0.25) is 4.79 Å². The molecule has 2 atom stereocenters. The number of nitrogens with one attached hydrogen (secondary N) is 1. The predicted octanol–water partition coefficient (Wildman–Crippen LogP) is -4.35. The summed E-state index contributed by atoms with van der Waals surface area (Å²) in [5, 5.41) is 11.2. The standard InChI is InChI=1S/C11H13N3O3.ClH/c12-11(7-14-4-2-1-3-5-14)6-8(9(15)16)13-10(11)17;/h1-5,8H,6-7,12H2,(H-,13,15,16,17);1H. The van der Waals surface area contributed by atoms with Crippen molar-refractivity contribution in [2.24, 2.45) is 5.73 Å². The lowest BCUT2D eigenvalue weighted by Crippen LogP contribution is -3.00. The quantitative estimate of drug-likeness (QED) is 0.484. The molecule has 1 fully saturated rings. The number of hydrogen-bond acceptors (Lipinski definition) is 3. The van der Waals surface area contributed by atoms with Crippen LogP contribution >= 0.6 is 0 Å². The average molecular weight is 272 g/mol. The molecule has 1 aliphatic heterocycles. The van der Waals surface area contributed by atoms with E-state index in [0.29, 0.717) is 0 Å². The summed E-state index contributed by atoms with van der Waals surface area (Å²) in [6, 6.07) is 4.61. The molecule has 4 N–H and O–H groups in total. The van der Waals surface area contributed by atoms with Crippen molar-refractivity contribution in [3.8, 4) is 0 Å². The number of carbonyl (C=O) groups is 2. The highest BCUT2D eigenvalue weighted by Gasteiger charge is 2.49. The number of aromatic nitrogens is 1. The number of carbonyl (C=O) groups excluding carboxylic acids is 1. The molecule has 1 aromatic heterocycles. The van der Waals surface area contributed by atoms with Gasteiger partial charge in [-0.25, -0.2) is 9.36 Å². The van der Waals surface area contributed by atoms with E-state index in [1.54, 1.807) is 17.0 Å². The van der Waals surface area contributed by atoms with Crippen LogP contribution in [0.5, 0.6) is 0 Å². The molecular weight excluding hydrogens is 258 g/mol. The van der Waals surface area contributed by atoms with Crippen molar-refractivity contribution in [3.63, 3.8) is 0 Å². The van der Waals surface area contributed by atoms with Gasteiger partial charge in [0.2, 0.25) is 5.91 Å². The first-order valence-electron chi connectivity index (χ1n) is 5.28. The second kappa shape index (κ2) is 5.32. The lowest BCUT2D eigenvalue weighted by molar-refractivity contribution is -0.701. The van der Waals surface area contributed by atoms with Crippen LogP contribution in [0, 0.1) is 0 Å². The summed E-state index contributed by atoms with van der Waals surface area (Å²) in [6.45, 7) is 0.267. The van der Waals surface area contributed by atoms with Gasteiger partial charge in [0.05, 0.1) is 0 Å². The van der Waals surface area contributed by atoms with Crippen LogP contribution in [0.15, 0.2) is 30.6 Å². The van der Waals surface area contributed by atoms with E-state index in [2.05, 4.69) is 5.32 Å². The fourth-order valence-electron chi connectivity index (χ4n) is 1.96. The molecule has 0 aromatic carbocycles. The van der Waals surface area contributed by atoms with Crippen molar-refractivity contribution in [1.82, 2.24) is 5.32 Å². The largest absolute Gasteiger partial charge is 1.00 e. The first kappa shape index (κ1) is 14.4. The third kappa shape index (κ3) is 2.77. The molecule has 7 heteroatoms. The number of rotatable bonds is 3. The SMILES string of the molecule is NC1(C[n+]2ccccc2)CC(C(=O)O)NC1=O.[Cl-]. The Morgan fingerprint density at radius 1 is 1.50 bits per heavy atom. The van der Waals surface area contributed by atoms with Gasteiger partial charge in [0.25, 0.3) is 0 Å². The van der Waals surface area contributed by atoms with Gasteiger partial charge in [-0.15, -0.1) is 0 Å². The minimum Gasteiger partial charge on any atom is -1.00 e. The number of nitrogens with zero attached hydrogens (tertiary/aromatic N) is 1. The lowest BCUT2D eigenvalue weighted by Gasteiger charge is -2.16. The van der Waals surface area contributed by atoms with Crippen LogP contribution in [0.25, 0.3) is 0 Å². The highest BCUT2D eigenvalue weighted by molar-refractivity contribution is 5.94. The molecule has 2 unspecified atom stereocenters. The Labute approximate surface area is 110 Å². The molecule has 0 saturated carbocycles. The Kier molecular flexibility index (Phi) is 4.26. The Morgan fingerprint density at radius 2 is 2.11 bits per heavy atom. The molecule has 6 nitrogen and oxygen atoms in total. The predicted molar refractivity (Wildman–Crippen MR) is 57.7 cm³/mol. The third-order valence-corrected chi connectivity index (χ3v) is 2.87. The van der Waals surface area contributed by atoms with Gasteiger partial charge in [0.15, 0.2) is 24.5 Å². The maximum atomic E-state index is 11.7. The van der Waals surface area contributed by atoms with Crippen LogP contribution in [0.2, 0.25) is 0 Å². The van der Waals surface area contributed by atoms with Crippen molar-refractivity contribution in [2.45, 2.75) is 24.5 Å². The highest BCUT2D eigenvalue weighted by atomic mass is 35.5. The normalized spacial score (nSPS) is 26.3. The number of halogens is 1. The monoisotopic (exact) mass is 271 g/mol. The molecule has 0 aliphatic carbocycles. The number of pyridine rings is 1. The van der Waals surface area contributed by atoms with Crippen LogP contribution in [0.4, 0.5) is 0 Å². The third-order valence-electron chi connectivity index (χ3n) is 2.87. The molecule has 18 heavy (non-hydrogen) atoms. The fraction of sp³-hybridized carbons (Fsp3) is 0.364. The van der Waals surface area contributed by atoms with E-state index >= 15 is 0 Å². The summed E-state index contributed by atoms with van der Waals surface area (Å²) in [5.74, 6) is -1.47. The number of carboxylic acid groups (broad SMARTS) is 1. The highest BCUT2D eigenvalue weighted by Crippen LogP contribution is 2.18. The molecule has 0 radical (unpaired) electrons. The molecule has 1 aromatic rings. The first-order chi connectivity index (χ1) is 8.01. The van der Waals surface area contributed by atoms with Gasteiger partial charge in [-0.05, 0) is 0 Å². The topological polar surface area (TPSA) is 96.3 Å². The van der Waals surface area contributed by atoms with Gasteiger partial charge >= 0.3 is 5.97 Å². The molecule has 1 aliphatic rings. The number of amides is 1. The number of aliphatic carboxylic acids is 1. The molecule has 1 saturated heterocycles. The average Bonchev–Trinajstić information content (AvgIpc) is 2.57. The Hall–Kier alpha value is -1.66. The van der Waals surface area contributed by atoms with E-state index in [4.69, 9.17) is 10.8 Å². The van der Waals surface area contributed by atoms with Gasteiger partial charge in [-0.2, -0.15) is 0 Å². The first-order valence-corrected chi connectivity index (χ1v) is 5.28.